The largest absolute Gasteiger partial charge is 0.369 e. The quantitative estimate of drug-likeness (QED) is 0.589. The van der Waals surface area contributed by atoms with E-state index in [-0.39, 0.29) is 5.41 Å². The fourth-order valence-corrected chi connectivity index (χ4v) is 2.77. The van der Waals surface area contributed by atoms with Gasteiger partial charge in [-0.25, -0.2) is 15.0 Å². The molecule has 0 spiro atoms. The maximum absolute atomic E-state index is 4.79. The Morgan fingerprint density at radius 2 is 1.93 bits per heavy atom. The zero-order valence-electron chi connectivity index (χ0n) is 15.7. The molecule has 0 saturated carbocycles. The molecule has 4 aromatic heterocycles. The Labute approximate surface area is 158 Å². The third kappa shape index (κ3) is 3.79. The van der Waals surface area contributed by atoms with Crippen LogP contribution in [-0.2, 0) is 0 Å². The number of imidazole rings is 1. The smallest absolute Gasteiger partial charge is 0.180 e. The lowest BCUT2D eigenvalue weighted by Gasteiger charge is -2.19. The highest BCUT2D eigenvalue weighted by Crippen LogP contribution is 2.25. The summed E-state index contributed by atoms with van der Waals surface area (Å²) in [7, 11) is 0. The summed E-state index contributed by atoms with van der Waals surface area (Å²) in [5, 5.41) is 3.44. The third-order valence-electron chi connectivity index (χ3n) is 4.13. The van der Waals surface area contributed by atoms with Gasteiger partial charge in [-0.2, -0.15) is 0 Å². The minimum atomic E-state index is 0.142. The lowest BCUT2D eigenvalue weighted by Crippen LogP contribution is -2.19. The van der Waals surface area contributed by atoms with Crippen molar-refractivity contribution in [3.63, 3.8) is 0 Å². The van der Waals surface area contributed by atoms with Gasteiger partial charge in [-0.15, -0.1) is 0 Å². The summed E-state index contributed by atoms with van der Waals surface area (Å²) in [6.45, 7) is 7.38. The molecular formula is C21H22N6. The first-order valence-electron chi connectivity index (χ1n) is 8.95. The van der Waals surface area contributed by atoms with Crippen LogP contribution in [-0.4, -0.2) is 30.9 Å². The molecule has 4 rings (SSSR count). The standard InChI is InChI=1S/C21H22N6/c1-21(2,3)14-24-18-11-16(15-7-6-9-22-12-15)25-20(26-18)17-13-23-19-8-4-5-10-27(17)19/h4-13H,14H2,1-3H3,(H,24,25,26). The number of anilines is 1. The molecule has 6 heteroatoms. The zero-order valence-corrected chi connectivity index (χ0v) is 15.7. The van der Waals surface area contributed by atoms with Crippen LogP contribution in [0.5, 0.6) is 0 Å². The van der Waals surface area contributed by atoms with Gasteiger partial charge in [-0.3, -0.25) is 9.38 Å². The highest BCUT2D eigenvalue weighted by atomic mass is 15.1. The minimum Gasteiger partial charge on any atom is -0.369 e. The summed E-state index contributed by atoms with van der Waals surface area (Å²) in [6, 6.07) is 11.8. The number of nitrogens with one attached hydrogen (secondary N) is 1. The van der Waals surface area contributed by atoms with Crippen LogP contribution in [0.15, 0.2) is 61.2 Å². The second kappa shape index (κ2) is 6.79. The van der Waals surface area contributed by atoms with Gasteiger partial charge in [0.25, 0.3) is 0 Å². The Balaban J connectivity index is 1.83. The third-order valence-corrected chi connectivity index (χ3v) is 4.13. The van der Waals surface area contributed by atoms with Gasteiger partial charge in [0, 0.05) is 36.8 Å². The fraction of sp³-hybridized carbons (Fsp3) is 0.238. The van der Waals surface area contributed by atoms with Crippen LogP contribution in [0.2, 0.25) is 0 Å². The highest BCUT2D eigenvalue weighted by molar-refractivity contribution is 5.67. The van der Waals surface area contributed by atoms with E-state index in [9.17, 15) is 0 Å². The Morgan fingerprint density at radius 3 is 2.70 bits per heavy atom. The Kier molecular flexibility index (Phi) is 4.32. The molecule has 136 valence electrons. The van der Waals surface area contributed by atoms with Crippen molar-refractivity contribution in [1.29, 1.82) is 0 Å². The van der Waals surface area contributed by atoms with E-state index in [1.807, 2.05) is 59.4 Å². The van der Waals surface area contributed by atoms with Crippen LogP contribution in [0.25, 0.3) is 28.4 Å². The van der Waals surface area contributed by atoms with Gasteiger partial charge >= 0.3 is 0 Å². The highest BCUT2D eigenvalue weighted by Gasteiger charge is 2.15. The molecule has 0 aromatic carbocycles. The predicted octanol–water partition coefficient (Wildman–Crippen LogP) is 4.31. The molecule has 4 heterocycles. The first kappa shape index (κ1) is 17.1. The predicted molar refractivity (Wildman–Crippen MR) is 107 cm³/mol. The molecule has 0 atom stereocenters. The maximum Gasteiger partial charge on any atom is 0.180 e. The molecule has 0 radical (unpaired) electrons. The molecule has 0 fully saturated rings. The number of rotatable bonds is 4. The normalized spacial score (nSPS) is 11.7. The Bertz CT molecular complexity index is 1060. The summed E-state index contributed by atoms with van der Waals surface area (Å²) >= 11 is 0. The van der Waals surface area contributed by atoms with Crippen LogP contribution < -0.4 is 5.32 Å². The molecule has 27 heavy (non-hydrogen) atoms. The second-order valence-electron chi connectivity index (χ2n) is 7.69. The monoisotopic (exact) mass is 358 g/mol. The van der Waals surface area contributed by atoms with E-state index in [2.05, 4.69) is 36.1 Å². The first-order chi connectivity index (χ1) is 13.0. The number of fused-ring (bicyclic) bond motifs is 1. The number of hydrogen-bond acceptors (Lipinski definition) is 5. The molecule has 0 saturated heterocycles. The van der Waals surface area contributed by atoms with Gasteiger partial charge in [0.05, 0.1) is 11.9 Å². The van der Waals surface area contributed by atoms with Crippen LogP contribution in [0.3, 0.4) is 0 Å². The average molecular weight is 358 g/mol. The molecule has 4 aromatic rings. The van der Waals surface area contributed by atoms with Gasteiger partial charge < -0.3 is 5.32 Å². The molecule has 0 unspecified atom stereocenters. The van der Waals surface area contributed by atoms with E-state index in [1.165, 1.54) is 0 Å². The van der Waals surface area contributed by atoms with Crippen molar-refractivity contribution in [3.05, 3.63) is 61.2 Å². The number of hydrogen-bond donors (Lipinski definition) is 1. The summed E-state index contributed by atoms with van der Waals surface area (Å²) in [6.07, 6.45) is 7.36. The summed E-state index contributed by atoms with van der Waals surface area (Å²) in [5.41, 5.74) is 3.65. The van der Waals surface area contributed by atoms with E-state index in [0.29, 0.717) is 5.82 Å². The van der Waals surface area contributed by atoms with E-state index in [4.69, 9.17) is 9.97 Å². The van der Waals surface area contributed by atoms with Crippen LogP contribution >= 0.6 is 0 Å². The minimum absolute atomic E-state index is 0.142. The van der Waals surface area contributed by atoms with E-state index in [1.54, 1.807) is 6.20 Å². The number of aromatic nitrogens is 5. The maximum atomic E-state index is 4.79. The zero-order chi connectivity index (χ0) is 18.9. The van der Waals surface area contributed by atoms with Gasteiger partial charge in [0.2, 0.25) is 0 Å². The lowest BCUT2D eigenvalue weighted by atomic mass is 9.97. The van der Waals surface area contributed by atoms with Crippen molar-refractivity contribution >= 4 is 11.5 Å². The average Bonchev–Trinajstić information content (AvgIpc) is 3.10. The lowest BCUT2D eigenvalue weighted by molar-refractivity contribution is 0.442. The molecule has 0 aliphatic rings. The number of pyridine rings is 2. The Hall–Kier alpha value is -3.28. The summed E-state index contributed by atoms with van der Waals surface area (Å²) in [5.74, 6) is 1.42. The van der Waals surface area contributed by atoms with Crippen molar-refractivity contribution in [2.45, 2.75) is 20.8 Å². The molecule has 0 bridgehead atoms. The van der Waals surface area contributed by atoms with Gasteiger partial charge in [-0.05, 0) is 29.7 Å². The molecule has 0 amide bonds. The topological polar surface area (TPSA) is 68.0 Å². The van der Waals surface area contributed by atoms with Crippen LogP contribution in [0.4, 0.5) is 5.82 Å². The molecular weight excluding hydrogens is 336 g/mol. The molecule has 6 nitrogen and oxygen atoms in total. The van der Waals surface area contributed by atoms with Gasteiger partial charge in [0.15, 0.2) is 5.82 Å². The van der Waals surface area contributed by atoms with Crippen molar-refractivity contribution in [3.8, 4) is 22.8 Å². The van der Waals surface area contributed by atoms with Crippen LogP contribution in [0.1, 0.15) is 20.8 Å². The van der Waals surface area contributed by atoms with Crippen molar-refractivity contribution in [1.82, 2.24) is 24.3 Å². The second-order valence-corrected chi connectivity index (χ2v) is 7.69. The van der Waals surface area contributed by atoms with Gasteiger partial charge in [-0.1, -0.05) is 26.8 Å². The summed E-state index contributed by atoms with van der Waals surface area (Å²) < 4.78 is 2.00. The van der Waals surface area contributed by atoms with Gasteiger partial charge in [0.1, 0.15) is 17.2 Å². The first-order valence-corrected chi connectivity index (χ1v) is 8.95. The van der Waals surface area contributed by atoms with E-state index >= 15 is 0 Å². The Morgan fingerprint density at radius 1 is 1.04 bits per heavy atom. The van der Waals surface area contributed by atoms with Crippen molar-refractivity contribution in [2.75, 3.05) is 11.9 Å². The van der Waals surface area contributed by atoms with E-state index < -0.39 is 0 Å². The fourth-order valence-electron chi connectivity index (χ4n) is 2.77. The van der Waals surface area contributed by atoms with Crippen molar-refractivity contribution < 1.29 is 0 Å². The molecule has 0 aliphatic heterocycles. The summed E-state index contributed by atoms with van der Waals surface area (Å²) in [4.78, 5) is 18.2. The number of nitrogens with zero attached hydrogens (tertiary/aromatic N) is 5. The molecule has 0 aliphatic carbocycles. The SMILES string of the molecule is CC(C)(C)CNc1cc(-c2cccnc2)nc(-c2cnc3ccccn23)n1. The van der Waals surface area contributed by atoms with E-state index in [0.717, 1.165) is 35.0 Å². The molecule has 1 N–H and O–H groups in total. The van der Waals surface area contributed by atoms with Crippen molar-refractivity contribution in [2.24, 2.45) is 5.41 Å². The van der Waals surface area contributed by atoms with Crippen LogP contribution in [0, 0.1) is 5.41 Å².